The molecule has 2 aliphatic carbocycles. The Morgan fingerprint density at radius 3 is 2.61 bits per heavy atom. The fourth-order valence-corrected chi connectivity index (χ4v) is 3.95. The lowest BCUT2D eigenvalue weighted by Crippen LogP contribution is -2.28. The molecular formula is C23H28N2O3. The minimum absolute atomic E-state index is 0.266. The van der Waals surface area contributed by atoms with E-state index < -0.39 is 6.09 Å². The van der Waals surface area contributed by atoms with Gasteiger partial charge < -0.3 is 20.1 Å². The van der Waals surface area contributed by atoms with Crippen molar-refractivity contribution in [3.63, 3.8) is 0 Å². The Labute approximate surface area is 166 Å². The van der Waals surface area contributed by atoms with Gasteiger partial charge in [0.15, 0.2) is 0 Å². The van der Waals surface area contributed by atoms with Crippen molar-refractivity contribution in [2.45, 2.75) is 38.0 Å². The number of carbonyl (C=O) groups is 1. The summed E-state index contributed by atoms with van der Waals surface area (Å²) >= 11 is 0. The van der Waals surface area contributed by atoms with E-state index in [-0.39, 0.29) is 5.92 Å². The van der Waals surface area contributed by atoms with Crippen LogP contribution in [0.1, 0.15) is 42.7 Å². The smallest absolute Gasteiger partial charge is 0.404 e. The average molecular weight is 380 g/mol. The molecule has 0 heterocycles. The minimum Gasteiger partial charge on any atom is -0.493 e. The zero-order chi connectivity index (χ0) is 19.5. The third-order valence-corrected chi connectivity index (χ3v) is 5.86. The maximum Gasteiger partial charge on any atom is 0.404 e. The molecule has 5 heteroatoms. The van der Waals surface area contributed by atoms with Crippen molar-refractivity contribution < 1.29 is 14.6 Å². The van der Waals surface area contributed by atoms with Gasteiger partial charge in [-0.05, 0) is 85.5 Å². The zero-order valence-corrected chi connectivity index (χ0v) is 16.4. The van der Waals surface area contributed by atoms with Gasteiger partial charge in [0, 0.05) is 30.9 Å². The molecule has 0 aromatic heterocycles. The predicted octanol–water partition coefficient (Wildman–Crippen LogP) is 4.93. The highest BCUT2D eigenvalue weighted by Crippen LogP contribution is 2.35. The molecule has 1 saturated carbocycles. The van der Waals surface area contributed by atoms with Gasteiger partial charge in [0.1, 0.15) is 5.75 Å². The summed E-state index contributed by atoms with van der Waals surface area (Å²) in [5.74, 6) is 1.96. The molecule has 0 unspecified atom stereocenters. The molecule has 0 saturated heterocycles. The third-order valence-electron chi connectivity index (χ3n) is 5.86. The molecule has 1 atom stereocenters. The van der Waals surface area contributed by atoms with E-state index in [2.05, 4.69) is 47.6 Å². The standard InChI is InChI=1S/C23H28N2O3/c1-25(19-7-10-21(11-8-19)28-15-16-5-6-16)20-9-12-22-17(13-20)3-2-4-18(22)14-24-23(26)27/h7-13,16,18,24H,2-6,14-15H2,1H3,(H,26,27)/t18-/m0/s1. The number of anilines is 2. The normalized spacial score (nSPS) is 18.2. The van der Waals surface area contributed by atoms with Crippen LogP contribution in [-0.2, 0) is 6.42 Å². The SMILES string of the molecule is CN(c1ccc(OCC2CC2)cc1)c1ccc2c(c1)CCC[C@H]2CNC(=O)O. The van der Waals surface area contributed by atoms with Gasteiger partial charge in [-0.25, -0.2) is 4.79 Å². The van der Waals surface area contributed by atoms with Crippen molar-refractivity contribution in [2.24, 2.45) is 5.92 Å². The third kappa shape index (κ3) is 4.41. The van der Waals surface area contributed by atoms with Gasteiger partial charge in [-0.2, -0.15) is 0 Å². The van der Waals surface area contributed by atoms with E-state index in [4.69, 9.17) is 9.84 Å². The summed E-state index contributed by atoms with van der Waals surface area (Å²) in [5, 5.41) is 11.4. The Balaban J connectivity index is 1.45. The van der Waals surface area contributed by atoms with Gasteiger partial charge >= 0.3 is 6.09 Å². The van der Waals surface area contributed by atoms with Gasteiger partial charge in [-0.1, -0.05) is 6.07 Å². The molecule has 148 valence electrons. The fraction of sp³-hybridized carbons (Fsp3) is 0.435. The summed E-state index contributed by atoms with van der Waals surface area (Å²) in [7, 11) is 2.08. The van der Waals surface area contributed by atoms with E-state index in [0.29, 0.717) is 6.54 Å². The molecule has 2 aromatic rings. The lowest BCUT2D eigenvalue weighted by molar-refractivity contribution is 0.193. The van der Waals surface area contributed by atoms with Gasteiger partial charge in [0.25, 0.3) is 0 Å². The Morgan fingerprint density at radius 1 is 1.14 bits per heavy atom. The first-order valence-electron chi connectivity index (χ1n) is 10.2. The molecule has 4 rings (SSSR count). The summed E-state index contributed by atoms with van der Waals surface area (Å²) in [6.45, 7) is 1.32. The number of nitrogens with one attached hydrogen (secondary N) is 1. The largest absolute Gasteiger partial charge is 0.493 e. The van der Waals surface area contributed by atoms with Crippen LogP contribution in [0.15, 0.2) is 42.5 Å². The summed E-state index contributed by atoms with van der Waals surface area (Å²) < 4.78 is 5.83. The molecule has 1 fully saturated rings. The molecular weight excluding hydrogens is 352 g/mol. The Morgan fingerprint density at radius 2 is 1.89 bits per heavy atom. The second kappa shape index (κ2) is 8.13. The molecule has 5 nitrogen and oxygen atoms in total. The van der Waals surface area contributed by atoms with Crippen molar-refractivity contribution in [3.8, 4) is 5.75 Å². The molecule has 0 aliphatic heterocycles. The van der Waals surface area contributed by atoms with Crippen LogP contribution in [0, 0.1) is 5.92 Å². The van der Waals surface area contributed by atoms with E-state index in [9.17, 15) is 4.79 Å². The first-order chi connectivity index (χ1) is 13.6. The first-order valence-corrected chi connectivity index (χ1v) is 10.2. The van der Waals surface area contributed by atoms with Crippen LogP contribution in [0.3, 0.4) is 0 Å². The molecule has 0 bridgehead atoms. The highest BCUT2D eigenvalue weighted by Gasteiger charge is 2.22. The Kier molecular flexibility index (Phi) is 5.42. The van der Waals surface area contributed by atoms with E-state index in [0.717, 1.165) is 48.9 Å². The van der Waals surface area contributed by atoms with Crippen molar-refractivity contribution in [2.75, 3.05) is 25.1 Å². The molecule has 28 heavy (non-hydrogen) atoms. The van der Waals surface area contributed by atoms with Gasteiger partial charge in [-0.3, -0.25) is 0 Å². The van der Waals surface area contributed by atoms with Gasteiger partial charge in [0.05, 0.1) is 6.61 Å². The second-order valence-corrected chi connectivity index (χ2v) is 7.97. The van der Waals surface area contributed by atoms with Crippen LogP contribution in [-0.4, -0.2) is 31.4 Å². The van der Waals surface area contributed by atoms with Crippen molar-refractivity contribution >= 4 is 17.5 Å². The number of hydrogen-bond acceptors (Lipinski definition) is 3. The molecule has 2 N–H and O–H groups in total. The number of benzene rings is 2. The maximum absolute atomic E-state index is 10.8. The average Bonchev–Trinajstić information content (AvgIpc) is 3.54. The maximum atomic E-state index is 10.8. The number of aryl methyl sites for hydroxylation is 1. The molecule has 1 amide bonds. The van der Waals surface area contributed by atoms with Crippen LogP contribution in [0.5, 0.6) is 5.75 Å². The Bertz CT molecular complexity index is 830. The number of hydrogen-bond donors (Lipinski definition) is 2. The first kappa shape index (κ1) is 18.7. The summed E-state index contributed by atoms with van der Waals surface area (Å²) in [6.07, 6.45) is 4.82. The van der Waals surface area contributed by atoms with Crippen LogP contribution < -0.4 is 15.0 Å². The van der Waals surface area contributed by atoms with Crippen molar-refractivity contribution in [3.05, 3.63) is 53.6 Å². The number of nitrogens with zero attached hydrogens (tertiary/aromatic N) is 1. The molecule has 2 aliphatic rings. The van der Waals surface area contributed by atoms with Crippen LogP contribution in [0.25, 0.3) is 0 Å². The van der Waals surface area contributed by atoms with Crippen LogP contribution in [0.4, 0.5) is 16.2 Å². The number of rotatable bonds is 7. The molecule has 0 spiro atoms. The highest BCUT2D eigenvalue weighted by atomic mass is 16.5. The van der Waals surface area contributed by atoms with Crippen LogP contribution >= 0.6 is 0 Å². The summed E-state index contributed by atoms with van der Waals surface area (Å²) in [5.41, 5.74) is 4.88. The quantitative estimate of drug-likeness (QED) is 0.715. The Hall–Kier alpha value is -2.69. The predicted molar refractivity (Wildman–Crippen MR) is 111 cm³/mol. The van der Waals surface area contributed by atoms with Crippen molar-refractivity contribution in [1.82, 2.24) is 5.32 Å². The molecule has 2 aromatic carbocycles. The van der Waals surface area contributed by atoms with E-state index in [1.54, 1.807) is 0 Å². The monoisotopic (exact) mass is 380 g/mol. The number of fused-ring (bicyclic) bond motifs is 1. The minimum atomic E-state index is -0.951. The van der Waals surface area contributed by atoms with E-state index in [1.165, 1.54) is 24.0 Å². The lowest BCUT2D eigenvalue weighted by atomic mass is 9.82. The zero-order valence-electron chi connectivity index (χ0n) is 16.4. The fourth-order valence-electron chi connectivity index (χ4n) is 3.95. The number of ether oxygens (including phenoxy) is 1. The summed E-state index contributed by atoms with van der Waals surface area (Å²) in [4.78, 5) is 13.0. The van der Waals surface area contributed by atoms with E-state index >= 15 is 0 Å². The van der Waals surface area contributed by atoms with Crippen molar-refractivity contribution in [1.29, 1.82) is 0 Å². The lowest BCUT2D eigenvalue weighted by Gasteiger charge is -2.28. The van der Waals surface area contributed by atoms with E-state index in [1.807, 2.05) is 12.1 Å². The number of carboxylic acid groups (broad SMARTS) is 1. The summed E-state index contributed by atoms with van der Waals surface area (Å²) in [6, 6.07) is 14.8. The highest BCUT2D eigenvalue weighted by molar-refractivity contribution is 5.66. The van der Waals surface area contributed by atoms with Gasteiger partial charge in [-0.15, -0.1) is 0 Å². The topological polar surface area (TPSA) is 61.8 Å². The number of amides is 1. The molecule has 0 radical (unpaired) electrons. The second-order valence-electron chi connectivity index (χ2n) is 7.97. The van der Waals surface area contributed by atoms with Crippen LogP contribution in [0.2, 0.25) is 0 Å². The van der Waals surface area contributed by atoms with Gasteiger partial charge in [0.2, 0.25) is 0 Å².